The number of non-ortho nitro benzene ring substituents is 1. The van der Waals surface area contributed by atoms with Crippen molar-refractivity contribution in [2.24, 2.45) is 0 Å². The van der Waals surface area contributed by atoms with E-state index in [0.717, 1.165) is 17.6 Å². The summed E-state index contributed by atoms with van der Waals surface area (Å²) in [6, 6.07) is 3.72. The molecule has 0 unspecified atom stereocenters. The number of nitrogens with zero attached hydrogens (tertiary/aromatic N) is 5. The van der Waals surface area contributed by atoms with Crippen molar-refractivity contribution in [2.75, 3.05) is 7.11 Å². The molecule has 10 nitrogen and oxygen atoms in total. The van der Waals surface area contributed by atoms with Crippen LogP contribution in [0.3, 0.4) is 0 Å². The topological polar surface area (TPSA) is 134 Å². The lowest BCUT2D eigenvalue weighted by Crippen LogP contribution is -2.02. The number of carbonyl (C=O) groups is 1. The van der Waals surface area contributed by atoms with Crippen molar-refractivity contribution < 1.29 is 18.9 Å². The van der Waals surface area contributed by atoms with Gasteiger partial charge in [0.05, 0.1) is 17.6 Å². The van der Waals surface area contributed by atoms with Gasteiger partial charge in [-0.05, 0) is 24.5 Å². The Morgan fingerprint density at radius 2 is 2.04 bits per heavy atom. The van der Waals surface area contributed by atoms with Crippen LogP contribution in [0, 0.1) is 17.0 Å². The van der Waals surface area contributed by atoms with Crippen LogP contribution >= 0.6 is 11.5 Å². The number of nitro benzene ring substituents is 1. The fraction of sp³-hybridized carbons (Fsp3) is 0.154. The number of benzene rings is 1. The molecule has 24 heavy (non-hydrogen) atoms. The summed E-state index contributed by atoms with van der Waals surface area (Å²) in [5.74, 6) is 0.0194. The van der Waals surface area contributed by atoms with Gasteiger partial charge in [0.15, 0.2) is 0 Å². The average Bonchev–Trinajstić information content (AvgIpc) is 3.22. The molecule has 0 radical (unpaired) electrons. The molecule has 2 aromatic heterocycles. The third-order valence-electron chi connectivity index (χ3n) is 2.93. The van der Waals surface area contributed by atoms with E-state index in [0.29, 0.717) is 10.8 Å². The highest BCUT2D eigenvalue weighted by Crippen LogP contribution is 2.28. The number of esters is 1. The van der Waals surface area contributed by atoms with Gasteiger partial charge in [-0.2, -0.15) is 4.37 Å². The van der Waals surface area contributed by atoms with E-state index in [1.807, 2.05) is 0 Å². The number of nitro groups is 1. The Bertz CT molecular complexity index is 934. The molecule has 0 amide bonds. The highest BCUT2D eigenvalue weighted by atomic mass is 32.1. The molecule has 0 fully saturated rings. The molecule has 0 saturated heterocycles. The summed E-state index contributed by atoms with van der Waals surface area (Å²) in [6.07, 6.45) is 0. The van der Waals surface area contributed by atoms with E-state index in [4.69, 9.17) is 4.42 Å². The van der Waals surface area contributed by atoms with Crippen molar-refractivity contribution >= 4 is 23.2 Å². The molecule has 3 aromatic rings. The standard InChI is InChI=1S/C13H9N5O5S/c1-6-14-12(24-17-6)11-16-15-10(23-11)7-3-8(13(19)22-2)5-9(4-7)18(20)21/h3-5H,1-2H3. The fourth-order valence-corrected chi connectivity index (χ4v) is 2.48. The molecule has 11 heteroatoms. The predicted molar refractivity (Wildman–Crippen MR) is 81.4 cm³/mol. The first-order chi connectivity index (χ1) is 11.5. The minimum absolute atomic E-state index is 0.00760. The van der Waals surface area contributed by atoms with Crippen molar-refractivity contribution in [3.63, 3.8) is 0 Å². The van der Waals surface area contributed by atoms with Crippen LogP contribution in [-0.2, 0) is 4.74 Å². The number of rotatable bonds is 4. The summed E-state index contributed by atoms with van der Waals surface area (Å²) in [4.78, 5) is 26.2. The number of ether oxygens (including phenoxy) is 1. The van der Waals surface area contributed by atoms with Crippen molar-refractivity contribution in [2.45, 2.75) is 6.92 Å². The van der Waals surface area contributed by atoms with Crippen molar-refractivity contribution in [1.29, 1.82) is 0 Å². The first-order valence-corrected chi connectivity index (χ1v) is 7.27. The van der Waals surface area contributed by atoms with Crippen LogP contribution in [0.15, 0.2) is 22.6 Å². The Morgan fingerprint density at radius 1 is 1.29 bits per heavy atom. The van der Waals surface area contributed by atoms with Crippen LogP contribution in [0.25, 0.3) is 22.4 Å². The van der Waals surface area contributed by atoms with Crippen LogP contribution in [0.5, 0.6) is 0 Å². The van der Waals surface area contributed by atoms with E-state index in [9.17, 15) is 14.9 Å². The molecule has 3 rings (SSSR count). The Labute approximate surface area is 138 Å². The van der Waals surface area contributed by atoms with Gasteiger partial charge in [0.1, 0.15) is 5.82 Å². The van der Waals surface area contributed by atoms with Gasteiger partial charge in [0, 0.05) is 17.7 Å². The summed E-state index contributed by atoms with van der Waals surface area (Å²) < 4.78 is 14.1. The van der Waals surface area contributed by atoms with Gasteiger partial charge < -0.3 is 9.15 Å². The Kier molecular flexibility index (Phi) is 4.00. The van der Waals surface area contributed by atoms with E-state index >= 15 is 0 Å². The second-order valence-corrected chi connectivity index (χ2v) is 5.33. The van der Waals surface area contributed by atoms with E-state index < -0.39 is 10.9 Å². The summed E-state index contributed by atoms with van der Waals surface area (Å²) in [7, 11) is 1.18. The molecule has 0 spiro atoms. The van der Waals surface area contributed by atoms with E-state index in [1.165, 1.54) is 19.2 Å². The van der Waals surface area contributed by atoms with Crippen LogP contribution in [-0.4, -0.2) is 37.6 Å². The smallest absolute Gasteiger partial charge is 0.338 e. The molecule has 122 valence electrons. The van der Waals surface area contributed by atoms with Crippen molar-refractivity contribution in [3.05, 3.63) is 39.7 Å². The molecule has 1 aromatic carbocycles. The molecule has 0 atom stereocenters. The zero-order valence-corrected chi connectivity index (χ0v) is 13.2. The Morgan fingerprint density at radius 3 is 2.67 bits per heavy atom. The SMILES string of the molecule is COC(=O)c1cc(-c2nnc(-c3nc(C)ns3)o2)cc([N+](=O)[O-])c1. The van der Waals surface area contributed by atoms with Crippen LogP contribution in [0.4, 0.5) is 5.69 Å². The van der Waals surface area contributed by atoms with Crippen LogP contribution < -0.4 is 0 Å². The lowest BCUT2D eigenvalue weighted by molar-refractivity contribution is -0.384. The number of hydrogen-bond donors (Lipinski definition) is 0. The van der Waals surface area contributed by atoms with Crippen LogP contribution in [0.2, 0.25) is 0 Å². The number of aromatic nitrogens is 4. The van der Waals surface area contributed by atoms with Crippen LogP contribution in [0.1, 0.15) is 16.2 Å². The molecule has 0 aliphatic carbocycles. The maximum atomic E-state index is 11.7. The van der Waals surface area contributed by atoms with Gasteiger partial charge in [-0.15, -0.1) is 10.2 Å². The van der Waals surface area contributed by atoms with Gasteiger partial charge in [-0.25, -0.2) is 9.78 Å². The number of aryl methyl sites for hydroxylation is 1. The van der Waals surface area contributed by atoms with Gasteiger partial charge in [0.2, 0.25) is 10.9 Å². The zero-order chi connectivity index (χ0) is 17.3. The minimum atomic E-state index is -0.709. The van der Waals surface area contributed by atoms with Gasteiger partial charge in [0.25, 0.3) is 11.6 Å². The monoisotopic (exact) mass is 347 g/mol. The second-order valence-electron chi connectivity index (χ2n) is 4.58. The highest BCUT2D eigenvalue weighted by Gasteiger charge is 2.20. The third kappa shape index (κ3) is 2.96. The largest absolute Gasteiger partial charge is 0.465 e. The average molecular weight is 347 g/mol. The Balaban J connectivity index is 2.05. The van der Waals surface area contributed by atoms with Crippen molar-refractivity contribution in [1.82, 2.24) is 19.6 Å². The summed E-state index contributed by atoms with van der Waals surface area (Å²) in [5, 5.41) is 19.2. The molecule has 0 N–H and O–H groups in total. The lowest BCUT2D eigenvalue weighted by atomic mass is 10.1. The minimum Gasteiger partial charge on any atom is -0.465 e. The quantitative estimate of drug-likeness (QED) is 0.395. The predicted octanol–water partition coefficient (Wildman–Crippen LogP) is 2.26. The molecule has 0 saturated carbocycles. The molecular weight excluding hydrogens is 338 g/mol. The van der Waals surface area contributed by atoms with Gasteiger partial charge in [-0.3, -0.25) is 10.1 Å². The number of carbonyl (C=O) groups excluding carboxylic acids is 1. The number of methoxy groups -OCH3 is 1. The zero-order valence-electron chi connectivity index (χ0n) is 12.4. The summed E-state index contributed by atoms with van der Waals surface area (Å²) in [6.45, 7) is 1.72. The summed E-state index contributed by atoms with van der Waals surface area (Å²) >= 11 is 1.09. The second kappa shape index (κ2) is 6.12. The van der Waals surface area contributed by atoms with E-state index in [1.54, 1.807) is 6.92 Å². The highest BCUT2D eigenvalue weighted by molar-refractivity contribution is 7.09. The molecule has 0 aliphatic heterocycles. The maximum absolute atomic E-state index is 11.7. The number of hydrogen-bond acceptors (Lipinski definition) is 10. The lowest BCUT2D eigenvalue weighted by Gasteiger charge is -2.01. The van der Waals surface area contributed by atoms with Gasteiger partial charge >= 0.3 is 5.97 Å². The Hall–Kier alpha value is -3.21. The normalized spacial score (nSPS) is 10.6. The summed E-state index contributed by atoms with van der Waals surface area (Å²) in [5.41, 5.74) is -0.0581. The van der Waals surface area contributed by atoms with E-state index in [-0.39, 0.29) is 28.6 Å². The molecule has 2 heterocycles. The molecule has 0 aliphatic rings. The maximum Gasteiger partial charge on any atom is 0.338 e. The molecular formula is C13H9N5O5S. The first-order valence-electron chi connectivity index (χ1n) is 6.50. The van der Waals surface area contributed by atoms with Gasteiger partial charge in [-0.1, -0.05) is 0 Å². The molecule has 0 bridgehead atoms. The first kappa shape index (κ1) is 15.7. The van der Waals surface area contributed by atoms with E-state index in [2.05, 4.69) is 24.3 Å². The fourth-order valence-electron chi connectivity index (χ4n) is 1.89. The third-order valence-corrected chi connectivity index (χ3v) is 3.73. The van der Waals surface area contributed by atoms with Crippen molar-refractivity contribution in [3.8, 4) is 22.4 Å².